The van der Waals surface area contributed by atoms with Gasteiger partial charge in [-0.15, -0.1) is 5.10 Å². The summed E-state index contributed by atoms with van der Waals surface area (Å²) in [7, 11) is 0. The van der Waals surface area contributed by atoms with Crippen molar-refractivity contribution in [3.63, 3.8) is 0 Å². The molecule has 1 aliphatic rings. The first-order valence-electron chi connectivity index (χ1n) is 7.71. The van der Waals surface area contributed by atoms with Crippen LogP contribution in [-0.2, 0) is 0 Å². The molecule has 3 N–H and O–H groups in total. The van der Waals surface area contributed by atoms with E-state index in [-0.39, 0.29) is 18.0 Å². The standard InChI is InChI=1S/C17H14Cl3N5/c18-10-5-2-1-4-9(10)13-8-14(15-11(19)6-3-7-12(15)20)25-17(22-13)23-16(21)24-25/h1-7,13-14H,8H2,(H3,21,22,23,24)/t13-,14-/m1/s1. The summed E-state index contributed by atoms with van der Waals surface area (Å²) in [5.74, 6) is 0.755. The van der Waals surface area contributed by atoms with Gasteiger partial charge in [-0.05, 0) is 30.2 Å². The highest BCUT2D eigenvalue weighted by molar-refractivity contribution is 6.36. The number of hydrogen-bond donors (Lipinski definition) is 2. The Hall–Kier alpha value is -1.95. The van der Waals surface area contributed by atoms with Gasteiger partial charge < -0.3 is 11.1 Å². The molecule has 5 nitrogen and oxygen atoms in total. The van der Waals surface area contributed by atoms with Gasteiger partial charge in [0.25, 0.3) is 0 Å². The number of halogens is 3. The summed E-state index contributed by atoms with van der Waals surface area (Å²) >= 11 is 19.3. The summed E-state index contributed by atoms with van der Waals surface area (Å²) in [6, 6.07) is 12.9. The monoisotopic (exact) mass is 393 g/mol. The van der Waals surface area contributed by atoms with Crippen LogP contribution in [-0.4, -0.2) is 14.8 Å². The summed E-state index contributed by atoms with van der Waals surface area (Å²) in [5, 5.41) is 9.51. The molecule has 1 aromatic heterocycles. The molecule has 0 saturated heterocycles. The van der Waals surface area contributed by atoms with Gasteiger partial charge in [-0.3, -0.25) is 0 Å². The first-order valence-corrected chi connectivity index (χ1v) is 8.85. The van der Waals surface area contributed by atoms with Crippen molar-refractivity contribution in [3.8, 4) is 0 Å². The second-order valence-corrected chi connectivity index (χ2v) is 7.07. The van der Waals surface area contributed by atoms with Crippen LogP contribution in [0, 0.1) is 0 Å². The van der Waals surface area contributed by atoms with Crippen LogP contribution in [0.25, 0.3) is 0 Å². The molecule has 0 unspecified atom stereocenters. The van der Waals surface area contributed by atoms with Crippen LogP contribution in [0.4, 0.5) is 11.9 Å². The molecule has 3 aromatic rings. The number of nitrogens with one attached hydrogen (secondary N) is 1. The fourth-order valence-electron chi connectivity index (χ4n) is 3.23. The maximum Gasteiger partial charge on any atom is 0.241 e. The third-order valence-electron chi connectivity index (χ3n) is 4.32. The third kappa shape index (κ3) is 2.92. The minimum Gasteiger partial charge on any atom is -0.366 e. The van der Waals surface area contributed by atoms with Gasteiger partial charge in [0, 0.05) is 20.6 Å². The van der Waals surface area contributed by atoms with Crippen molar-refractivity contribution in [1.82, 2.24) is 14.8 Å². The van der Waals surface area contributed by atoms with Crippen LogP contribution in [0.5, 0.6) is 0 Å². The van der Waals surface area contributed by atoms with E-state index in [1.807, 2.05) is 42.5 Å². The molecule has 0 radical (unpaired) electrons. The molecule has 0 fully saturated rings. The fraction of sp³-hybridized carbons (Fsp3) is 0.176. The average molecular weight is 395 g/mol. The Kier molecular flexibility index (Phi) is 4.23. The van der Waals surface area contributed by atoms with Crippen LogP contribution in [0.3, 0.4) is 0 Å². The molecule has 4 rings (SSSR count). The lowest BCUT2D eigenvalue weighted by Crippen LogP contribution is -2.28. The van der Waals surface area contributed by atoms with Gasteiger partial charge in [0.05, 0.1) is 12.1 Å². The fourth-order valence-corrected chi connectivity index (χ4v) is 4.14. The van der Waals surface area contributed by atoms with Crippen molar-refractivity contribution in [2.45, 2.75) is 18.5 Å². The lowest BCUT2D eigenvalue weighted by Gasteiger charge is -2.32. The van der Waals surface area contributed by atoms with E-state index in [4.69, 9.17) is 40.5 Å². The average Bonchev–Trinajstić information content (AvgIpc) is 2.95. The summed E-state index contributed by atoms with van der Waals surface area (Å²) in [4.78, 5) is 4.28. The predicted octanol–water partition coefficient (Wildman–Crippen LogP) is 4.97. The van der Waals surface area contributed by atoms with Crippen LogP contribution < -0.4 is 11.1 Å². The lowest BCUT2D eigenvalue weighted by atomic mass is 9.93. The predicted molar refractivity (Wildman–Crippen MR) is 101 cm³/mol. The number of benzene rings is 2. The Balaban J connectivity index is 1.84. The van der Waals surface area contributed by atoms with Gasteiger partial charge in [-0.1, -0.05) is 59.1 Å². The second kappa shape index (κ2) is 6.41. The zero-order valence-corrected chi connectivity index (χ0v) is 15.2. The largest absolute Gasteiger partial charge is 0.366 e. The smallest absolute Gasteiger partial charge is 0.241 e. The first kappa shape index (κ1) is 16.5. The minimum absolute atomic E-state index is 0.0675. The number of nitrogen functional groups attached to an aromatic ring is 1. The Morgan fingerprint density at radius 1 is 1.00 bits per heavy atom. The molecule has 1 aliphatic heterocycles. The van der Waals surface area contributed by atoms with Gasteiger partial charge in [-0.2, -0.15) is 4.98 Å². The summed E-state index contributed by atoms with van der Waals surface area (Å²) in [5.41, 5.74) is 7.59. The zero-order valence-electron chi connectivity index (χ0n) is 13.0. The van der Waals surface area contributed by atoms with Crippen LogP contribution >= 0.6 is 34.8 Å². The van der Waals surface area contributed by atoms with Crippen LogP contribution in [0.1, 0.15) is 29.6 Å². The van der Waals surface area contributed by atoms with Crippen molar-refractivity contribution in [2.75, 3.05) is 11.1 Å². The first-order chi connectivity index (χ1) is 12.0. The van der Waals surface area contributed by atoms with Crippen molar-refractivity contribution in [3.05, 3.63) is 68.7 Å². The van der Waals surface area contributed by atoms with Crippen molar-refractivity contribution < 1.29 is 0 Å². The molecular formula is C17H14Cl3N5. The molecule has 2 aromatic carbocycles. The third-order valence-corrected chi connectivity index (χ3v) is 5.32. The van der Waals surface area contributed by atoms with E-state index < -0.39 is 0 Å². The molecule has 128 valence electrons. The maximum atomic E-state index is 6.44. The molecule has 0 spiro atoms. The van der Waals surface area contributed by atoms with Gasteiger partial charge in [0.15, 0.2) is 0 Å². The van der Waals surface area contributed by atoms with Crippen molar-refractivity contribution in [2.24, 2.45) is 0 Å². The highest BCUT2D eigenvalue weighted by Gasteiger charge is 2.33. The number of fused-ring (bicyclic) bond motifs is 1. The van der Waals surface area contributed by atoms with Crippen molar-refractivity contribution in [1.29, 1.82) is 0 Å². The molecule has 0 aliphatic carbocycles. The quantitative estimate of drug-likeness (QED) is 0.644. The SMILES string of the molecule is Nc1nc2n(n1)[C@@H](c1c(Cl)cccc1Cl)C[C@H](c1ccccc1Cl)N2. The Morgan fingerprint density at radius 3 is 2.40 bits per heavy atom. The topological polar surface area (TPSA) is 68.8 Å². The van der Waals surface area contributed by atoms with Gasteiger partial charge >= 0.3 is 0 Å². The highest BCUT2D eigenvalue weighted by Crippen LogP contribution is 2.43. The van der Waals surface area contributed by atoms with Crippen LogP contribution in [0.2, 0.25) is 15.1 Å². The van der Waals surface area contributed by atoms with E-state index in [2.05, 4.69) is 15.4 Å². The maximum absolute atomic E-state index is 6.44. The molecule has 2 heterocycles. The summed E-state index contributed by atoms with van der Waals surface area (Å²) in [6.45, 7) is 0. The van der Waals surface area contributed by atoms with E-state index in [0.717, 1.165) is 11.1 Å². The van der Waals surface area contributed by atoms with E-state index >= 15 is 0 Å². The number of nitrogens with two attached hydrogens (primary N) is 1. The van der Waals surface area contributed by atoms with Gasteiger partial charge in [-0.25, -0.2) is 4.68 Å². The van der Waals surface area contributed by atoms with E-state index in [1.54, 1.807) is 4.68 Å². The molecule has 2 atom stereocenters. The van der Waals surface area contributed by atoms with Gasteiger partial charge in [0.2, 0.25) is 11.9 Å². The Morgan fingerprint density at radius 2 is 1.68 bits per heavy atom. The number of aromatic nitrogens is 3. The lowest BCUT2D eigenvalue weighted by molar-refractivity contribution is 0.432. The molecule has 0 amide bonds. The zero-order chi connectivity index (χ0) is 17.6. The number of nitrogens with zero attached hydrogens (tertiary/aromatic N) is 3. The van der Waals surface area contributed by atoms with Gasteiger partial charge in [0.1, 0.15) is 0 Å². The normalized spacial score (nSPS) is 19.3. The number of rotatable bonds is 2. The number of anilines is 2. The van der Waals surface area contributed by atoms with E-state index in [0.29, 0.717) is 27.4 Å². The molecule has 25 heavy (non-hydrogen) atoms. The Bertz CT molecular complexity index is 920. The highest BCUT2D eigenvalue weighted by atomic mass is 35.5. The molecular weight excluding hydrogens is 381 g/mol. The van der Waals surface area contributed by atoms with Crippen LogP contribution in [0.15, 0.2) is 42.5 Å². The second-order valence-electron chi connectivity index (χ2n) is 5.84. The van der Waals surface area contributed by atoms with Crippen molar-refractivity contribution >= 4 is 46.7 Å². The molecule has 0 bridgehead atoms. The summed E-state index contributed by atoms with van der Waals surface area (Å²) < 4.78 is 1.73. The Labute approximate surface area is 159 Å². The molecule has 8 heteroatoms. The number of hydrogen-bond acceptors (Lipinski definition) is 4. The molecule has 0 saturated carbocycles. The van der Waals surface area contributed by atoms with E-state index in [9.17, 15) is 0 Å². The van der Waals surface area contributed by atoms with E-state index in [1.165, 1.54) is 0 Å². The minimum atomic E-state index is -0.205. The summed E-state index contributed by atoms with van der Waals surface area (Å²) in [6.07, 6.45) is 0.656.